The molecule has 1 amide bonds. The van der Waals surface area contributed by atoms with E-state index in [1.165, 1.54) is 20.0 Å². The van der Waals surface area contributed by atoms with Crippen molar-refractivity contribution in [3.8, 4) is 5.75 Å². The van der Waals surface area contributed by atoms with Gasteiger partial charge in [-0.05, 0) is 37.8 Å². The van der Waals surface area contributed by atoms with Gasteiger partial charge in [0.15, 0.2) is 0 Å². The standard InChI is InChI=1S/C20H26N2O4S2/c1-25-19(24)10-9-18(23)21-16-7-6-8-17(15-16)26-13-4-5-14-28-20(27)22-11-2-3-12-22/h6-10,15H,2-5,11-14H2,1H3,(H,21,23)/b10-9+. The lowest BCUT2D eigenvalue weighted by molar-refractivity contribution is -0.135. The number of nitrogens with zero attached hydrogens (tertiary/aromatic N) is 1. The van der Waals surface area contributed by atoms with Gasteiger partial charge in [0.2, 0.25) is 5.91 Å². The van der Waals surface area contributed by atoms with Crippen LogP contribution < -0.4 is 10.1 Å². The summed E-state index contributed by atoms with van der Waals surface area (Å²) in [6, 6.07) is 7.16. The van der Waals surface area contributed by atoms with Gasteiger partial charge in [-0.2, -0.15) is 0 Å². The number of esters is 1. The van der Waals surface area contributed by atoms with E-state index in [9.17, 15) is 9.59 Å². The first-order valence-electron chi connectivity index (χ1n) is 9.30. The fraction of sp³-hybridized carbons (Fsp3) is 0.450. The van der Waals surface area contributed by atoms with Crippen molar-refractivity contribution in [2.75, 3.05) is 37.9 Å². The molecule has 2 rings (SSSR count). The Hall–Kier alpha value is -2.06. The molecule has 0 bridgehead atoms. The minimum absolute atomic E-state index is 0.409. The molecule has 1 N–H and O–H groups in total. The topological polar surface area (TPSA) is 67.9 Å². The molecule has 0 aromatic heterocycles. The van der Waals surface area contributed by atoms with Crippen LogP contribution >= 0.6 is 24.0 Å². The zero-order chi connectivity index (χ0) is 20.2. The Labute approximate surface area is 175 Å². The van der Waals surface area contributed by atoms with Gasteiger partial charge < -0.3 is 19.7 Å². The van der Waals surface area contributed by atoms with Gasteiger partial charge in [-0.15, -0.1) is 0 Å². The van der Waals surface area contributed by atoms with Gasteiger partial charge in [0.25, 0.3) is 0 Å². The Kier molecular flexibility index (Phi) is 9.85. The summed E-state index contributed by atoms with van der Waals surface area (Å²) < 4.78 is 11.2. The zero-order valence-electron chi connectivity index (χ0n) is 16.0. The van der Waals surface area contributed by atoms with Gasteiger partial charge in [-0.3, -0.25) is 4.79 Å². The SMILES string of the molecule is COC(=O)/C=C/C(=O)Nc1cccc(OCCCCSC(=S)N2CCCC2)c1. The minimum atomic E-state index is -0.577. The molecular weight excluding hydrogens is 396 g/mol. The first-order chi connectivity index (χ1) is 13.6. The number of likely N-dealkylation sites (tertiary alicyclic amines) is 1. The molecule has 6 nitrogen and oxygen atoms in total. The highest BCUT2D eigenvalue weighted by atomic mass is 32.2. The average Bonchev–Trinajstić information content (AvgIpc) is 3.24. The highest BCUT2D eigenvalue weighted by molar-refractivity contribution is 8.22. The van der Waals surface area contributed by atoms with Gasteiger partial charge >= 0.3 is 5.97 Å². The number of methoxy groups -OCH3 is 1. The third-order valence-electron chi connectivity index (χ3n) is 4.07. The van der Waals surface area contributed by atoms with Crippen LogP contribution in [0.1, 0.15) is 25.7 Å². The van der Waals surface area contributed by atoms with E-state index in [-0.39, 0.29) is 0 Å². The first-order valence-corrected chi connectivity index (χ1v) is 10.7. The molecular formula is C20H26N2O4S2. The molecule has 28 heavy (non-hydrogen) atoms. The van der Waals surface area contributed by atoms with Crippen molar-refractivity contribution < 1.29 is 19.1 Å². The van der Waals surface area contributed by atoms with E-state index in [0.717, 1.165) is 48.2 Å². The molecule has 1 aromatic rings. The van der Waals surface area contributed by atoms with Crippen molar-refractivity contribution in [1.82, 2.24) is 4.90 Å². The van der Waals surface area contributed by atoms with E-state index >= 15 is 0 Å². The quantitative estimate of drug-likeness (QED) is 0.282. The Morgan fingerprint density at radius 1 is 1.25 bits per heavy atom. The van der Waals surface area contributed by atoms with Crippen LogP contribution in [0, 0.1) is 0 Å². The van der Waals surface area contributed by atoms with E-state index in [2.05, 4.69) is 15.0 Å². The summed E-state index contributed by atoms with van der Waals surface area (Å²) in [5.74, 6) is 0.705. The third kappa shape index (κ3) is 8.31. The van der Waals surface area contributed by atoms with E-state index < -0.39 is 11.9 Å². The number of anilines is 1. The molecule has 0 radical (unpaired) electrons. The maximum atomic E-state index is 11.8. The highest BCUT2D eigenvalue weighted by Gasteiger charge is 2.14. The van der Waals surface area contributed by atoms with E-state index in [4.69, 9.17) is 17.0 Å². The van der Waals surface area contributed by atoms with Crippen molar-refractivity contribution in [3.63, 3.8) is 0 Å². The van der Waals surface area contributed by atoms with Crippen LogP contribution in [0.25, 0.3) is 0 Å². The maximum Gasteiger partial charge on any atom is 0.330 e. The number of unbranched alkanes of at least 4 members (excludes halogenated alkanes) is 1. The predicted molar refractivity (Wildman–Crippen MR) is 117 cm³/mol. The lowest BCUT2D eigenvalue weighted by atomic mass is 10.3. The number of hydrogen-bond acceptors (Lipinski definition) is 6. The predicted octanol–water partition coefficient (Wildman–Crippen LogP) is 3.63. The van der Waals surface area contributed by atoms with Crippen molar-refractivity contribution >= 4 is 45.9 Å². The summed E-state index contributed by atoms with van der Waals surface area (Å²) in [5.41, 5.74) is 0.600. The second-order valence-electron chi connectivity index (χ2n) is 6.24. The molecule has 152 valence electrons. The molecule has 0 spiro atoms. The zero-order valence-corrected chi connectivity index (χ0v) is 17.7. The summed E-state index contributed by atoms with van der Waals surface area (Å²) in [4.78, 5) is 25.1. The highest BCUT2D eigenvalue weighted by Crippen LogP contribution is 2.19. The molecule has 1 saturated heterocycles. The normalized spacial score (nSPS) is 13.5. The number of carbonyl (C=O) groups is 2. The molecule has 1 fully saturated rings. The minimum Gasteiger partial charge on any atom is -0.494 e. The molecule has 8 heteroatoms. The van der Waals surface area contributed by atoms with E-state index in [1.807, 2.05) is 6.07 Å². The molecule has 0 saturated carbocycles. The number of benzene rings is 1. The molecule has 1 aromatic carbocycles. The fourth-order valence-electron chi connectivity index (χ4n) is 2.60. The molecule has 1 aliphatic rings. The third-order valence-corrected chi connectivity index (χ3v) is 5.68. The molecule has 0 unspecified atom stereocenters. The Bertz CT molecular complexity index is 703. The summed E-state index contributed by atoms with van der Waals surface area (Å²) in [5, 5.41) is 2.68. The van der Waals surface area contributed by atoms with Crippen LogP contribution in [0.2, 0.25) is 0 Å². The summed E-state index contributed by atoms with van der Waals surface area (Å²) in [7, 11) is 1.26. The van der Waals surface area contributed by atoms with Gasteiger partial charge in [-0.25, -0.2) is 4.79 Å². The number of nitrogens with one attached hydrogen (secondary N) is 1. The second-order valence-corrected chi connectivity index (χ2v) is 7.97. The van der Waals surface area contributed by atoms with Crippen LogP contribution in [0.3, 0.4) is 0 Å². The monoisotopic (exact) mass is 422 g/mol. The van der Waals surface area contributed by atoms with Crippen molar-refractivity contribution in [1.29, 1.82) is 0 Å². The molecule has 0 atom stereocenters. The average molecular weight is 423 g/mol. The van der Waals surface area contributed by atoms with Crippen molar-refractivity contribution in [3.05, 3.63) is 36.4 Å². The number of rotatable bonds is 9. The molecule has 0 aliphatic carbocycles. The molecule has 1 aliphatic heterocycles. The number of hydrogen-bond donors (Lipinski definition) is 1. The fourth-order valence-corrected chi connectivity index (χ4v) is 3.92. The number of thiocarbonyl (C=S) groups is 1. The number of amides is 1. The first kappa shape index (κ1) is 22.2. The lowest BCUT2D eigenvalue weighted by Gasteiger charge is -2.17. The Balaban J connectivity index is 1.64. The van der Waals surface area contributed by atoms with Gasteiger partial charge in [0.1, 0.15) is 10.1 Å². The largest absolute Gasteiger partial charge is 0.494 e. The van der Waals surface area contributed by atoms with Crippen LogP contribution in [-0.2, 0) is 14.3 Å². The lowest BCUT2D eigenvalue weighted by Crippen LogP contribution is -2.23. The van der Waals surface area contributed by atoms with E-state index in [1.54, 1.807) is 30.0 Å². The van der Waals surface area contributed by atoms with Crippen LogP contribution in [0.5, 0.6) is 5.75 Å². The number of carbonyl (C=O) groups excluding carboxylic acids is 2. The van der Waals surface area contributed by atoms with Crippen LogP contribution in [-0.4, -0.2) is 53.7 Å². The van der Waals surface area contributed by atoms with Crippen LogP contribution in [0.15, 0.2) is 36.4 Å². The number of thioether (sulfide) groups is 1. The summed E-state index contributed by atoms with van der Waals surface area (Å²) in [6.45, 7) is 2.80. The van der Waals surface area contributed by atoms with Crippen molar-refractivity contribution in [2.24, 2.45) is 0 Å². The van der Waals surface area contributed by atoms with Gasteiger partial charge in [0, 0.05) is 42.7 Å². The van der Waals surface area contributed by atoms with Gasteiger partial charge in [-0.1, -0.05) is 30.0 Å². The Morgan fingerprint density at radius 2 is 2.04 bits per heavy atom. The Morgan fingerprint density at radius 3 is 2.79 bits per heavy atom. The number of ether oxygens (including phenoxy) is 2. The van der Waals surface area contributed by atoms with Crippen LogP contribution in [0.4, 0.5) is 5.69 Å². The van der Waals surface area contributed by atoms with Gasteiger partial charge in [0.05, 0.1) is 13.7 Å². The van der Waals surface area contributed by atoms with E-state index in [0.29, 0.717) is 18.0 Å². The summed E-state index contributed by atoms with van der Waals surface area (Å²) in [6.07, 6.45) is 6.67. The maximum absolute atomic E-state index is 11.8. The second kappa shape index (κ2) is 12.4. The summed E-state index contributed by atoms with van der Waals surface area (Å²) >= 11 is 7.20. The molecule has 1 heterocycles. The smallest absolute Gasteiger partial charge is 0.330 e. The van der Waals surface area contributed by atoms with Crippen molar-refractivity contribution in [2.45, 2.75) is 25.7 Å².